The van der Waals surface area contributed by atoms with E-state index in [4.69, 9.17) is 0 Å². The van der Waals surface area contributed by atoms with Gasteiger partial charge in [0.15, 0.2) is 0 Å². The Morgan fingerprint density at radius 1 is 1.47 bits per heavy atom. The third-order valence-corrected chi connectivity index (χ3v) is 3.64. The highest BCUT2D eigenvalue weighted by atomic mass is 79.9. The van der Waals surface area contributed by atoms with Crippen LogP contribution in [0, 0.1) is 12.7 Å². The third-order valence-electron chi connectivity index (χ3n) is 3.14. The van der Waals surface area contributed by atoms with Crippen molar-refractivity contribution in [2.75, 3.05) is 0 Å². The number of nitrogens with one attached hydrogen (secondary N) is 1. The lowest BCUT2D eigenvalue weighted by atomic mass is 10.1. The highest BCUT2D eigenvalue weighted by Crippen LogP contribution is 2.21. The summed E-state index contributed by atoms with van der Waals surface area (Å²) in [5.41, 5.74) is 2.80. The number of nitrogens with zero attached hydrogens (tertiary/aromatic N) is 2. The van der Waals surface area contributed by atoms with E-state index in [1.807, 2.05) is 33.2 Å². The van der Waals surface area contributed by atoms with Crippen molar-refractivity contribution in [3.05, 3.63) is 51.5 Å². The fraction of sp³-hybridized carbons (Fsp3) is 0.357. The Hall–Kier alpha value is -1.20. The van der Waals surface area contributed by atoms with Gasteiger partial charge in [-0.3, -0.25) is 4.68 Å². The fourth-order valence-electron chi connectivity index (χ4n) is 2.05. The molecule has 5 heteroatoms. The molecule has 0 saturated heterocycles. The Morgan fingerprint density at radius 2 is 2.21 bits per heavy atom. The SMILES string of the molecule is Cc1nn(C)cc1CNC(C)c1ccc(Br)cc1F. The van der Waals surface area contributed by atoms with Gasteiger partial charge < -0.3 is 5.32 Å². The van der Waals surface area contributed by atoms with Gasteiger partial charge in [-0.05, 0) is 26.0 Å². The number of hydrogen-bond donors (Lipinski definition) is 1. The lowest BCUT2D eigenvalue weighted by molar-refractivity contribution is 0.527. The summed E-state index contributed by atoms with van der Waals surface area (Å²) in [6.45, 7) is 4.61. The second-order valence-electron chi connectivity index (χ2n) is 4.68. The fourth-order valence-corrected chi connectivity index (χ4v) is 2.38. The van der Waals surface area contributed by atoms with Crippen molar-refractivity contribution in [3.8, 4) is 0 Å². The molecule has 0 aliphatic rings. The van der Waals surface area contributed by atoms with Gasteiger partial charge in [0, 0.05) is 41.4 Å². The van der Waals surface area contributed by atoms with Crippen LogP contribution in [0.3, 0.4) is 0 Å². The Labute approximate surface area is 121 Å². The Balaban J connectivity index is 2.05. The van der Waals surface area contributed by atoms with E-state index in [-0.39, 0.29) is 11.9 Å². The number of hydrogen-bond acceptors (Lipinski definition) is 2. The lowest BCUT2D eigenvalue weighted by Crippen LogP contribution is -2.19. The summed E-state index contributed by atoms with van der Waals surface area (Å²) in [4.78, 5) is 0. The summed E-state index contributed by atoms with van der Waals surface area (Å²) < 4.78 is 16.4. The lowest BCUT2D eigenvalue weighted by Gasteiger charge is -2.15. The van der Waals surface area contributed by atoms with Crippen molar-refractivity contribution in [1.82, 2.24) is 15.1 Å². The maximum atomic E-state index is 13.8. The van der Waals surface area contributed by atoms with Crippen LogP contribution in [-0.2, 0) is 13.6 Å². The molecule has 102 valence electrons. The zero-order valence-corrected chi connectivity index (χ0v) is 12.8. The molecule has 1 heterocycles. The van der Waals surface area contributed by atoms with Crippen LogP contribution in [0.2, 0.25) is 0 Å². The Kier molecular flexibility index (Phi) is 4.37. The molecule has 0 amide bonds. The molecule has 1 N–H and O–H groups in total. The van der Waals surface area contributed by atoms with Gasteiger partial charge in [0.05, 0.1) is 5.69 Å². The minimum absolute atomic E-state index is 0.0484. The molecule has 19 heavy (non-hydrogen) atoms. The Morgan fingerprint density at radius 3 is 2.79 bits per heavy atom. The molecule has 0 radical (unpaired) electrons. The van der Waals surface area contributed by atoms with Gasteiger partial charge in [-0.2, -0.15) is 5.10 Å². The predicted octanol–water partition coefficient (Wildman–Crippen LogP) is 3.48. The summed E-state index contributed by atoms with van der Waals surface area (Å²) in [5.74, 6) is -0.197. The van der Waals surface area contributed by atoms with E-state index in [1.54, 1.807) is 10.7 Å². The van der Waals surface area contributed by atoms with E-state index in [0.717, 1.165) is 15.7 Å². The van der Waals surface area contributed by atoms with E-state index in [2.05, 4.69) is 26.3 Å². The van der Waals surface area contributed by atoms with Crippen LogP contribution >= 0.6 is 15.9 Å². The van der Waals surface area contributed by atoms with Crippen molar-refractivity contribution in [3.63, 3.8) is 0 Å². The van der Waals surface area contributed by atoms with Gasteiger partial charge in [-0.15, -0.1) is 0 Å². The van der Waals surface area contributed by atoms with Crippen molar-refractivity contribution < 1.29 is 4.39 Å². The second kappa shape index (κ2) is 5.84. The number of benzene rings is 1. The molecule has 0 spiro atoms. The van der Waals surface area contributed by atoms with Gasteiger partial charge in [-0.1, -0.05) is 22.0 Å². The minimum atomic E-state index is -0.197. The first-order valence-corrected chi connectivity index (χ1v) is 6.94. The average molecular weight is 326 g/mol. The number of halogens is 2. The maximum absolute atomic E-state index is 13.8. The van der Waals surface area contributed by atoms with Gasteiger partial charge in [0.25, 0.3) is 0 Å². The zero-order valence-electron chi connectivity index (χ0n) is 11.2. The van der Waals surface area contributed by atoms with E-state index in [9.17, 15) is 4.39 Å². The molecule has 1 aromatic carbocycles. The van der Waals surface area contributed by atoms with E-state index in [1.165, 1.54) is 6.07 Å². The van der Waals surface area contributed by atoms with Crippen LogP contribution in [-0.4, -0.2) is 9.78 Å². The van der Waals surface area contributed by atoms with Gasteiger partial charge in [0.2, 0.25) is 0 Å². The van der Waals surface area contributed by atoms with Crippen molar-refractivity contribution >= 4 is 15.9 Å². The summed E-state index contributed by atoms with van der Waals surface area (Å²) >= 11 is 3.26. The molecular weight excluding hydrogens is 309 g/mol. The first-order valence-electron chi connectivity index (χ1n) is 6.15. The third kappa shape index (κ3) is 3.42. The molecule has 1 atom stereocenters. The topological polar surface area (TPSA) is 29.9 Å². The molecule has 2 rings (SSSR count). The monoisotopic (exact) mass is 325 g/mol. The number of rotatable bonds is 4. The molecule has 1 aromatic heterocycles. The molecule has 0 fully saturated rings. The summed E-state index contributed by atoms with van der Waals surface area (Å²) in [6, 6.07) is 5.09. The summed E-state index contributed by atoms with van der Waals surface area (Å²) in [7, 11) is 1.90. The van der Waals surface area contributed by atoms with Gasteiger partial charge >= 0.3 is 0 Å². The summed E-state index contributed by atoms with van der Waals surface area (Å²) in [5, 5.41) is 7.61. The van der Waals surface area contributed by atoms with E-state index in [0.29, 0.717) is 12.1 Å². The smallest absolute Gasteiger partial charge is 0.129 e. The minimum Gasteiger partial charge on any atom is -0.306 e. The largest absolute Gasteiger partial charge is 0.306 e. The number of aryl methyl sites for hydroxylation is 2. The molecule has 0 aliphatic carbocycles. The second-order valence-corrected chi connectivity index (χ2v) is 5.60. The standard InChI is InChI=1S/C14H17BrFN3/c1-9-11(8-19(3)18-9)7-17-10(2)13-5-4-12(15)6-14(13)16/h4-6,8,10,17H,7H2,1-3H3. The van der Waals surface area contributed by atoms with Crippen molar-refractivity contribution in [2.45, 2.75) is 26.4 Å². The van der Waals surface area contributed by atoms with Crippen molar-refractivity contribution in [2.24, 2.45) is 7.05 Å². The Bertz CT molecular complexity index is 580. The first kappa shape index (κ1) is 14.2. The maximum Gasteiger partial charge on any atom is 0.129 e. The zero-order chi connectivity index (χ0) is 14.0. The molecule has 2 aromatic rings. The van der Waals surface area contributed by atoms with Gasteiger partial charge in [0.1, 0.15) is 5.82 Å². The molecule has 0 saturated carbocycles. The normalized spacial score (nSPS) is 12.7. The number of aromatic nitrogens is 2. The van der Waals surface area contributed by atoms with Crippen LogP contribution in [0.5, 0.6) is 0 Å². The molecule has 1 unspecified atom stereocenters. The quantitative estimate of drug-likeness (QED) is 0.932. The molecule has 3 nitrogen and oxygen atoms in total. The van der Waals surface area contributed by atoms with Crippen LogP contribution in [0.15, 0.2) is 28.9 Å². The average Bonchev–Trinajstić information content (AvgIpc) is 2.65. The summed E-state index contributed by atoms with van der Waals surface area (Å²) in [6.07, 6.45) is 1.98. The predicted molar refractivity (Wildman–Crippen MR) is 77.3 cm³/mol. The molecular formula is C14H17BrFN3. The van der Waals surface area contributed by atoms with Crippen LogP contribution in [0.25, 0.3) is 0 Å². The van der Waals surface area contributed by atoms with E-state index < -0.39 is 0 Å². The highest BCUT2D eigenvalue weighted by Gasteiger charge is 2.12. The first-order chi connectivity index (χ1) is 8.97. The molecule has 0 aliphatic heterocycles. The molecule has 0 bridgehead atoms. The van der Waals surface area contributed by atoms with Crippen LogP contribution < -0.4 is 5.32 Å². The highest BCUT2D eigenvalue weighted by molar-refractivity contribution is 9.10. The van der Waals surface area contributed by atoms with Crippen molar-refractivity contribution in [1.29, 1.82) is 0 Å². The van der Waals surface area contributed by atoms with Crippen LogP contribution in [0.1, 0.15) is 29.8 Å². The van der Waals surface area contributed by atoms with Crippen LogP contribution in [0.4, 0.5) is 4.39 Å². The van der Waals surface area contributed by atoms with Gasteiger partial charge in [-0.25, -0.2) is 4.39 Å². The van der Waals surface area contributed by atoms with E-state index >= 15 is 0 Å².